The second kappa shape index (κ2) is 7.73. The van der Waals surface area contributed by atoms with Gasteiger partial charge < -0.3 is 14.2 Å². The first kappa shape index (κ1) is 19.8. The minimum absolute atomic E-state index is 0.0150. The van der Waals surface area contributed by atoms with Crippen molar-refractivity contribution in [3.05, 3.63) is 45.0 Å². The third-order valence-corrected chi connectivity index (χ3v) is 5.38. The minimum atomic E-state index is -0.468. The average molecular weight is 413 g/mol. The molecule has 0 atom stereocenters. The number of carbonyl (C=O) groups excluding carboxylic acids is 1. The molecule has 1 fully saturated rings. The lowest BCUT2D eigenvalue weighted by atomic mass is 10.1. The van der Waals surface area contributed by atoms with Crippen molar-refractivity contribution in [2.45, 2.75) is 32.4 Å². The van der Waals surface area contributed by atoms with Crippen LogP contribution in [0.2, 0.25) is 0 Å². The average Bonchev–Trinajstić information content (AvgIpc) is 3.16. The first-order valence-corrected chi connectivity index (χ1v) is 9.70. The fourth-order valence-electron chi connectivity index (χ4n) is 3.61. The SMILES string of the molecule is Cc1ccc(OC2CCN(C(=O)Cn3cnc4c3c(=O)n(C)c(=O)n4C)CC2)nn1. The van der Waals surface area contributed by atoms with Crippen molar-refractivity contribution in [3.8, 4) is 5.88 Å². The standard InChI is InChI=1S/C19H23N7O4/c1-12-4-5-14(22-21-12)30-13-6-8-25(9-7-13)15(27)10-26-11-20-17-16(26)18(28)24(3)19(29)23(17)2/h4-5,11,13H,6-10H2,1-3H3. The largest absolute Gasteiger partial charge is 0.473 e. The van der Waals surface area contributed by atoms with Crippen LogP contribution in [0.15, 0.2) is 28.0 Å². The van der Waals surface area contributed by atoms with E-state index in [9.17, 15) is 14.4 Å². The summed E-state index contributed by atoms with van der Waals surface area (Å²) in [6.45, 7) is 2.94. The number of hydrogen-bond donors (Lipinski definition) is 0. The third-order valence-electron chi connectivity index (χ3n) is 5.38. The van der Waals surface area contributed by atoms with Crippen LogP contribution < -0.4 is 16.0 Å². The fourth-order valence-corrected chi connectivity index (χ4v) is 3.61. The van der Waals surface area contributed by atoms with E-state index in [1.54, 1.807) is 18.0 Å². The molecule has 1 aliphatic rings. The van der Waals surface area contributed by atoms with Gasteiger partial charge in [-0.3, -0.25) is 18.7 Å². The number of ether oxygens (including phenoxy) is 1. The predicted octanol–water partition coefficient (Wildman–Crippen LogP) is -0.398. The molecule has 0 radical (unpaired) electrons. The molecule has 0 bridgehead atoms. The minimum Gasteiger partial charge on any atom is -0.473 e. The Morgan fingerprint density at radius 2 is 1.87 bits per heavy atom. The Morgan fingerprint density at radius 3 is 2.53 bits per heavy atom. The second-order valence-corrected chi connectivity index (χ2v) is 7.46. The van der Waals surface area contributed by atoms with Crippen molar-refractivity contribution in [1.82, 2.24) is 33.8 Å². The molecule has 0 unspecified atom stereocenters. The second-order valence-electron chi connectivity index (χ2n) is 7.46. The molecule has 0 aromatic carbocycles. The van der Waals surface area contributed by atoms with E-state index in [0.29, 0.717) is 31.8 Å². The highest BCUT2D eigenvalue weighted by molar-refractivity contribution is 5.79. The Hall–Kier alpha value is -3.50. The number of nitrogens with zero attached hydrogens (tertiary/aromatic N) is 7. The van der Waals surface area contributed by atoms with Gasteiger partial charge in [-0.2, -0.15) is 5.10 Å². The summed E-state index contributed by atoms with van der Waals surface area (Å²) in [5.74, 6) is 0.371. The van der Waals surface area contributed by atoms with Gasteiger partial charge in [-0.05, 0) is 13.0 Å². The van der Waals surface area contributed by atoms with E-state index in [1.165, 1.54) is 22.5 Å². The van der Waals surface area contributed by atoms with Gasteiger partial charge >= 0.3 is 5.69 Å². The first-order valence-electron chi connectivity index (χ1n) is 9.70. The molecular weight excluding hydrogens is 390 g/mol. The van der Waals surface area contributed by atoms with E-state index in [2.05, 4.69) is 15.2 Å². The molecule has 0 spiro atoms. The Balaban J connectivity index is 1.43. The Kier molecular flexibility index (Phi) is 5.10. The zero-order valence-electron chi connectivity index (χ0n) is 17.1. The van der Waals surface area contributed by atoms with Gasteiger partial charge in [0, 0.05) is 46.1 Å². The number of aromatic nitrogens is 6. The highest BCUT2D eigenvalue weighted by atomic mass is 16.5. The maximum absolute atomic E-state index is 12.8. The summed E-state index contributed by atoms with van der Waals surface area (Å²) in [5, 5.41) is 8.00. The third kappa shape index (κ3) is 3.58. The molecule has 0 aliphatic carbocycles. The molecule has 1 saturated heterocycles. The van der Waals surface area contributed by atoms with Crippen molar-refractivity contribution in [2.75, 3.05) is 13.1 Å². The number of likely N-dealkylation sites (tertiary alicyclic amines) is 1. The van der Waals surface area contributed by atoms with Gasteiger partial charge in [0.1, 0.15) is 12.6 Å². The lowest BCUT2D eigenvalue weighted by Gasteiger charge is -2.32. The number of rotatable bonds is 4. The van der Waals surface area contributed by atoms with E-state index >= 15 is 0 Å². The van der Waals surface area contributed by atoms with Gasteiger partial charge in [0.15, 0.2) is 11.2 Å². The molecule has 0 N–H and O–H groups in total. The molecule has 4 heterocycles. The molecule has 3 aromatic rings. The lowest BCUT2D eigenvalue weighted by molar-refractivity contribution is -0.133. The molecule has 1 amide bonds. The Morgan fingerprint density at radius 1 is 1.13 bits per heavy atom. The van der Waals surface area contributed by atoms with E-state index in [-0.39, 0.29) is 29.7 Å². The zero-order valence-corrected chi connectivity index (χ0v) is 17.1. The van der Waals surface area contributed by atoms with Crippen molar-refractivity contribution in [1.29, 1.82) is 0 Å². The maximum atomic E-state index is 12.8. The molecule has 11 heteroatoms. The van der Waals surface area contributed by atoms with Crippen LogP contribution in [0.3, 0.4) is 0 Å². The number of hydrogen-bond acceptors (Lipinski definition) is 7. The topological polar surface area (TPSA) is 117 Å². The highest BCUT2D eigenvalue weighted by Gasteiger charge is 2.25. The number of fused-ring (bicyclic) bond motifs is 1. The molecule has 158 valence electrons. The Labute approximate surface area is 171 Å². The fraction of sp³-hybridized carbons (Fsp3) is 0.474. The number of piperidine rings is 1. The molecule has 3 aromatic heterocycles. The number of carbonyl (C=O) groups is 1. The summed E-state index contributed by atoms with van der Waals surface area (Å²) in [5.41, 5.74) is 0.408. The Bertz CT molecular complexity index is 1200. The summed E-state index contributed by atoms with van der Waals surface area (Å²) in [6, 6.07) is 3.63. The van der Waals surface area contributed by atoms with Crippen LogP contribution in [0, 0.1) is 6.92 Å². The first-order chi connectivity index (χ1) is 14.3. The van der Waals surface area contributed by atoms with Gasteiger partial charge in [0.05, 0.1) is 12.0 Å². The van der Waals surface area contributed by atoms with Gasteiger partial charge in [-0.1, -0.05) is 0 Å². The van der Waals surface area contributed by atoms with Crippen LogP contribution in [-0.2, 0) is 25.4 Å². The van der Waals surface area contributed by atoms with Gasteiger partial charge in [-0.15, -0.1) is 5.10 Å². The molecule has 30 heavy (non-hydrogen) atoms. The summed E-state index contributed by atoms with van der Waals surface area (Å²) >= 11 is 0. The van der Waals surface area contributed by atoms with Crippen LogP contribution in [0.5, 0.6) is 5.88 Å². The van der Waals surface area contributed by atoms with E-state index in [0.717, 1.165) is 10.3 Å². The van der Waals surface area contributed by atoms with Crippen molar-refractivity contribution >= 4 is 17.1 Å². The molecule has 11 nitrogen and oxygen atoms in total. The van der Waals surface area contributed by atoms with Crippen LogP contribution in [-0.4, -0.2) is 58.9 Å². The van der Waals surface area contributed by atoms with Crippen LogP contribution in [0.25, 0.3) is 11.2 Å². The van der Waals surface area contributed by atoms with E-state index < -0.39 is 11.2 Å². The molecule has 0 saturated carbocycles. The monoisotopic (exact) mass is 413 g/mol. The van der Waals surface area contributed by atoms with E-state index in [4.69, 9.17) is 4.74 Å². The van der Waals surface area contributed by atoms with Gasteiger partial charge in [0.2, 0.25) is 11.8 Å². The van der Waals surface area contributed by atoms with Crippen molar-refractivity contribution in [3.63, 3.8) is 0 Å². The maximum Gasteiger partial charge on any atom is 0.332 e. The van der Waals surface area contributed by atoms with Crippen molar-refractivity contribution in [2.24, 2.45) is 14.1 Å². The lowest BCUT2D eigenvalue weighted by Crippen LogP contribution is -2.43. The number of aryl methyl sites for hydroxylation is 2. The summed E-state index contributed by atoms with van der Waals surface area (Å²) < 4.78 is 9.67. The number of imidazole rings is 1. The molecule has 1 aliphatic heterocycles. The summed E-state index contributed by atoms with van der Waals surface area (Å²) in [7, 11) is 2.96. The van der Waals surface area contributed by atoms with Crippen LogP contribution in [0.4, 0.5) is 0 Å². The predicted molar refractivity (Wildman–Crippen MR) is 107 cm³/mol. The van der Waals surface area contributed by atoms with Gasteiger partial charge in [0.25, 0.3) is 5.56 Å². The van der Waals surface area contributed by atoms with E-state index in [1.807, 2.05) is 13.0 Å². The van der Waals surface area contributed by atoms with Crippen LogP contribution in [0.1, 0.15) is 18.5 Å². The zero-order chi connectivity index (χ0) is 21.4. The van der Waals surface area contributed by atoms with Crippen molar-refractivity contribution < 1.29 is 9.53 Å². The summed E-state index contributed by atoms with van der Waals surface area (Å²) in [6.07, 6.45) is 2.77. The van der Waals surface area contributed by atoms with Gasteiger partial charge in [-0.25, -0.2) is 9.78 Å². The molecule has 4 rings (SSSR count). The highest BCUT2D eigenvalue weighted by Crippen LogP contribution is 2.17. The number of amides is 1. The summed E-state index contributed by atoms with van der Waals surface area (Å²) in [4.78, 5) is 43.3. The van der Waals surface area contributed by atoms with Crippen LogP contribution >= 0.6 is 0 Å². The smallest absolute Gasteiger partial charge is 0.332 e. The quantitative estimate of drug-likeness (QED) is 0.571. The molecular formula is C19H23N7O4. The normalized spacial score (nSPS) is 15.0.